The van der Waals surface area contributed by atoms with Gasteiger partial charge in [0.25, 0.3) is 5.91 Å². The number of amides is 1. The summed E-state index contributed by atoms with van der Waals surface area (Å²) in [6, 6.07) is 10.1. The number of nitrogens with one attached hydrogen (secondary N) is 1. The Morgan fingerprint density at radius 2 is 2.11 bits per heavy atom. The van der Waals surface area contributed by atoms with E-state index in [1.54, 1.807) is 24.3 Å². The second kappa shape index (κ2) is 6.19. The Balaban J connectivity index is 1.83. The molecule has 0 bridgehead atoms. The highest BCUT2D eigenvalue weighted by molar-refractivity contribution is 9.10. The zero-order valence-corrected chi connectivity index (χ0v) is 11.3. The molecular weight excluding hydrogens is 314 g/mol. The van der Waals surface area contributed by atoms with Gasteiger partial charge < -0.3 is 14.5 Å². The van der Waals surface area contributed by atoms with E-state index in [1.807, 2.05) is 6.07 Å². The third-order valence-electron chi connectivity index (χ3n) is 2.17. The van der Waals surface area contributed by atoms with E-state index in [-0.39, 0.29) is 12.4 Å². The van der Waals surface area contributed by atoms with Crippen molar-refractivity contribution in [1.82, 2.24) is 0 Å². The van der Waals surface area contributed by atoms with E-state index in [9.17, 15) is 9.59 Å². The lowest BCUT2D eigenvalue weighted by Gasteiger charge is -2.05. The maximum atomic E-state index is 11.6. The van der Waals surface area contributed by atoms with E-state index < -0.39 is 11.9 Å². The minimum atomic E-state index is -0.672. The van der Waals surface area contributed by atoms with E-state index in [4.69, 9.17) is 9.15 Å². The predicted molar refractivity (Wildman–Crippen MR) is 71.8 cm³/mol. The van der Waals surface area contributed by atoms with Gasteiger partial charge in [0.2, 0.25) is 5.76 Å². The fourth-order valence-electron chi connectivity index (χ4n) is 1.36. The highest BCUT2D eigenvalue weighted by Crippen LogP contribution is 2.15. The van der Waals surface area contributed by atoms with Crippen LogP contribution in [0.1, 0.15) is 10.6 Å². The molecule has 0 aliphatic carbocycles. The van der Waals surface area contributed by atoms with Crippen LogP contribution in [0.15, 0.2) is 51.6 Å². The standard InChI is InChI=1S/C13H10BrNO4/c14-9-3-1-4-10(7-9)15-12(16)8-19-13(17)11-5-2-6-18-11/h1-7H,8H2,(H,15,16). The lowest BCUT2D eigenvalue weighted by Crippen LogP contribution is -2.20. The molecule has 0 unspecified atom stereocenters. The van der Waals surface area contributed by atoms with Crippen molar-refractivity contribution >= 4 is 33.5 Å². The largest absolute Gasteiger partial charge is 0.457 e. The quantitative estimate of drug-likeness (QED) is 0.878. The van der Waals surface area contributed by atoms with E-state index in [1.165, 1.54) is 12.3 Å². The van der Waals surface area contributed by atoms with Gasteiger partial charge in [-0.05, 0) is 30.3 Å². The lowest BCUT2D eigenvalue weighted by molar-refractivity contribution is -0.119. The van der Waals surface area contributed by atoms with E-state index in [2.05, 4.69) is 21.2 Å². The van der Waals surface area contributed by atoms with Gasteiger partial charge in [-0.1, -0.05) is 22.0 Å². The molecule has 0 radical (unpaired) electrons. The molecule has 0 saturated heterocycles. The molecular formula is C13H10BrNO4. The molecule has 0 atom stereocenters. The van der Waals surface area contributed by atoms with Gasteiger partial charge in [-0.2, -0.15) is 0 Å². The van der Waals surface area contributed by atoms with Crippen molar-refractivity contribution in [1.29, 1.82) is 0 Å². The van der Waals surface area contributed by atoms with Gasteiger partial charge in [-0.25, -0.2) is 4.79 Å². The maximum absolute atomic E-state index is 11.6. The Bertz CT molecular complexity index is 580. The number of rotatable bonds is 4. The Hall–Kier alpha value is -2.08. The highest BCUT2D eigenvalue weighted by atomic mass is 79.9. The minimum absolute atomic E-state index is 0.0651. The van der Waals surface area contributed by atoms with E-state index in [0.29, 0.717) is 5.69 Å². The van der Waals surface area contributed by atoms with Crippen LogP contribution in [0.5, 0.6) is 0 Å². The molecule has 1 aromatic heterocycles. The summed E-state index contributed by atoms with van der Waals surface area (Å²) in [7, 11) is 0. The summed E-state index contributed by atoms with van der Waals surface area (Å²) in [5.74, 6) is -1.03. The molecule has 0 fully saturated rings. The normalized spacial score (nSPS) is 9.95. The summed E-state index contributed by atoms with van der Waals surface area (Å²) in [4.78, 5) is 23.0. The molecule has 1 N–H and O–H groups in total. The Labute approximate surface area is 117 Å². The minimum Gasteiger partial charge on any atom is -0.457 e. The summed E-state index contributed by atoms with van der Waals surface area (Å²) in [6.07, 6.45) is 1.36. The second-order valence-corrected chi connectivity index (χ2v) is 4.53. The third kappa shape index (κ3) is 3.96. The number of carbonyl (C=O) groups excluding carboxylic acids is 2. The number of furan rings is 1. The van der Waals surface area contributed by atoms with Gasteiger partial charge in [0, 0.05) is 10.2 Å². The molecule has 98 valence electrons. The van der Waals surface area contributed by atoms with Crippen LogP contribution in [0.2, 0.25) is 0 Å². The molecule has 0 saturated carbocycles. The van der Waals surface area contributed by atoms with Crippen molar-refractivity contribution in [2.75, 3.05) is 11.9 Å². The molecule has 6 heteroatoms. The van der Waals surface area contributed by atoms with Crippen LogP contribution in [-0.4, -0.2) is 18.5 Å². The van der Waals surface area contributed by atoms with E-state index in [0.717, 1.165) is 4.47 Å². The summed E-state index contributed by atoms with van der Waals surface area (Å²) in [6.45, 7) is -0.369. The second-order valence-electron chi connectivity index (χ2n) is 3.61. The molecule has 0 spiro atoms. The summed E-state index contributed by atoms with van der Waals surface area (Å²) in [5, 5.41) is 2.61. The highest BCUT2D eigenvalue weighted by Gasteiger charge is 2.12. The number of halogens is 1. The zero-order valence-electron chi connectivity index (χ0n) is 9.76. The van der Waals surface area contributed by atoms with Gasteiger partial charge in [-0.15, -0.1) is 0 Å². The van der Waals surface area contributed by atoms with Crippen molar-refractivity contribution in [3.8, 4) is 0 Å². The van der Waals surface area contributed by atoms with Crippen LogP contribution in [0, 0.1) is 0 Å². The first-order valence-corrected chi connectivity index (χ1v) is 6.20. The summed E-state index contributed by atoms with van der Waals surface area (Å²) in [5.41, 5.74) is 0.619. The van der Waals surface area contributed by atoms with Crippen LogP contribution in [0.4, 0.5) is 5.69 Å². The average Bonchev–Trinajstić information content (AvgIpc) is 2.90. The monoisotopic (exact) mass is 323 g/mol. The topological polar surface area (TPSA) is 68.5 Å². The fraction of sp³-hybridized carbons (Fsp3) is 0.0769. The first kappa shape index (κ1) is 13.4. The summed E-state index contributed by atoms with van der Waals surface area (Å²) >= 11 is 3.29. The smallest absolute Gasteiger partial charge is 0.374 e. The molecule has 19 heavy (non-hydrogen) atoms. The van der Waals surface area contributed by atoms with E-state index >= 15 is 0 Å². The molecule has 1 amide bonds. The molecule has 1 heterocycles. The Morgan fingerprint density at radius 3 is 2.79 bits per heavy atom. The zero-order chi connectivity index (χ0) is 13.7. The number of hydrogen-bond acceptors (Lipinski definition) is 4. The van der Waals surface area contributed by atoms with Gasteiger partial charge in [0.1, 0.15) is 0 Å². The average molecular weight is 324 g/mol. The van der Waals surface area contributed by atoms with Crippen molar-refractivity contribution in [2.45, 2.75) is 0 Å². The summed E-state index contributed by atoms with van der Waals surface area (Å²) < 4.78 is 10.5. The molecule has 2 aromatic rings. The molecule has 5 nitrogen and oxygen atoms in total. The first-order chi connectivity index (χ1) is 9.15. The molecule has 0 aliphatic heterocycles. The van der Waals surface area contributed by atoms with Crippen molar-refractivity contribution in [3.63, 3.8) is 0 Å². The number of carbonyl (C=O) groups is 2. The number of ether oxygens (including phenoxy) is 1. The predicted octanol–water partition coefficient (Wildman–Crippen LogP) is 2.84. The lowest BCUT2D eigenvalue weighted by atomic mass is 10.3. The van der Waals surface area contributed by atoms with Gasteiger partial charge >= 0.3 is 5.97 Å². The van der Waals surface area contributed by atoms with Crippen LogP contribution in [-0.2, 0) is 9.53 Å². The maximum Gasteiger partial charge on any atom is 0.374 e. The number of hydrogen-bond donors (Lipinski definition) is 1. The Kier molecular flexibility index (Phi) is 4.35. The van der Waals surface area contributed by atoms with Crippen LogP contribution in [0.25, 0.3) is 0 Å². The number of benzene rings is 1. The first-order valence-electron chi connectivity index (χ1n) is 5.41. The SMILES string of the molecule is O=C(COC(=O)c1ccco1)Nc1cccc(Br)c1. The van der Waals surface area contributed by atoms with Gasteiger partial charge in [0.05, 0.1) is 6.26 Å². The number of esters is 1. The van der Waals surface area contributed by atoms with Crippen molar-refractivity contribution in [3.05, 3.63) is 52.9 Å². The Morgan fingerprint density at radius 1 is 1.26 bits per heavy atom. The molecule has 1 aromatic carbocycles. The van der Waals surface area contributed by atoms with Crippen molar-refractivity contribution in [2.24, 2.45) is 0 Å². The van der Waals surface area contributed by atoms with Crippen molar-refractivity contribution < 1.29 is 18.7 Å². The molecule has 2 rings (SSSR count). The van der Waals surface area contributed by atoms with Gasteiger partial charge in [0.15, 0.2) is 6.61 Å². The number of anilines is 1. The van der Waals surface area contributed by atoms with Crippen LogP contribution >= 0.6 is 15.9 Å². The fourth-order valence-corrected chi connectivity index (χ4v) is 1.76. The van der Waals surface area contributed by atoms with Crippen LogP contribution in [0.3, 0.4) is 0 Å². The van der Waals surface area contributed by atoms with Gasteiger partial charge in [-0.3, -0.25) is 4.79 Å². The third-order valence-corrected chi connectivity index (χ3v) is 2.66. The molecule has 0 aliphatic rings. The van der Waals surface area contributed by atoms with Crippen LogP contribution < -0.4 is 5.32 Å².